The molecule has 0 saturated carbocycles. The second-order valence-electron chi connectivity index (χ2n) is 14.0. The van der Waals surface area contributed by atoms with Crippen LogP contribution in [0.5, 0.6) is 11.5 Å². The molecule has 0 atom stereocenters. The molecule has 0 bridgehead atoms. The molecular weight excluding hydrogens is 661 g/mol. The quantitative estimate of drug-likeness (QED) is 0.186. The normalized spacial score (nSPS) is 13.2. The van der Waals surface area contributed by atoms with Crippen LogP contribution in [-0.4, -0.2) is 14.5 Å². The van der Waals surface area contributed by atoms with Crippen molar-refractivity contribution in [3.05, 3.63) is 204 Å². The second kappa shape index (κ2) is 11.6. The minimum absolute atomic E-state index is 0.631. The summed E-state index contributed by atoms with van der Waals surface area (Å²) in [6.45, 7) is 0. The van der Waals surface area contributed by atoms with Crippen LogP contribution in [-0.2, 0) is 5.41 Å². The largest absolute Gasteiger partial charge is 0.457 e. The number of hydrogen-bond donors (Lipinski definition) is 1. The lowest BCUT2D eigenvalue weighted by molar-refractivity contribution is 0.436. The number of ether oxygens (including phenoxy) is 1. The van der Waals surface area contributed by atoms with Crippen molar-refractivity contribution in [3.8, 4) is 62.2 Å². The predicted molar refractivity (Wildman–Crippen MR) is 217 cm³/mol. The van der Waals surface area contributed by atoms with E-state index in [0.29, 0.717) is 0 Å². The molecule has 1 aliphatic heterocycles. The fourth-order valence-electron chi connectivity index (χ4n) is 8.74. The highest BCUT2D eigenvalue weighted by Gasteiger charge is 2.51. The summed E-state index contributed by atoms with van der Waals surface area (Å²) in [6, 6.07) is 63.6. The molecular formula is C49H32N4O. The van der Waals surface area contributed by atoms with Crippen molar-refractivity contribution >= 4 is 16.7 Å². The molecule has 0 radical (unpaired) electrons. The number of imidazole rings is 1. The average molecular weight is 693 g/mol. The number of fused-ring (bicyclic) bond motifs is 10. The van der Waals surface area contributed by atoms with Gasteiger partial charge in [-0.15, -0.1) is 0 Å². The fraction of sp³-hybridized carbons (Fsp3) is 0.0204. The van der Waals surface area contributed by atoms with E-state index in [1.807, 2.05) is 36.4 Å². The number of pyridine rings is 1. The average Bonchev–Trinajstić information content (AvgIpc) is 3.75. The third kappa shape index (κ3) is 4.33. The van der Waals surface area contributed by atoms with Crippen LogP contribution in [0.4, 0.5) is 5.69 Å². The highest BCUT2D eigenvalue weighted by molar-refractivity contribution is 5.95. The van der Waals surface area contributed by atoms with Gasteiger partial charge in [0.1, 0.15) is 17.2 Å². The van der Waals surface area contributed by atoms with E-state index in [1.165, 1.54) is 22.3 Å². The fourth-order valence-corrected chi connectivity index (χ4v) is 8.74. The molecule has 54 heavy (non-hydrogen) atoms. The van der Waals surface area contributed by atoms with Crippen LogP contribution in [0.2, 0.25) is 0 Å². The van der Waals surface area contributed by atoms with E-state index in [1.54, 1.807) is 0 Å². The van der Waals surface area contributed by atoms with Gasteiger partial charge in [-0.1, -0.05) is 121 Å². The summed E-state index contributed by atoms with van der Waals surface area (Å²) in [5, 5.41) is 0. The monoisotopic (exact) mass is 692 g/mol. The zero-order valence-corrected chi connectivity index (χ0v) is 29.1. The maximum Gasteiger partial charge on any atom is 0.164 e. The minimum Gasteiger partial charge on any atom is -0.457 e. The Labute approximate surface area is 312 Å². The lowest BCUT2D eigenvalue weighted by atomic mass is 9.66. The summed E-state index contributed by atoms with van der Waals surface area (Å²) >= 11 is 0. The number of para-hydroxylation sites is 4. The van der Waals surface area contributed by atoms with E-state index >= 15 is 0 Å². The number of aromatic nitrogens is 3. The summed E-state index contributed by atoms with van der Waals surface area (Å²) in [5.74, 6) is 2.49. The van der Waals surface area contributed by atoms with Gasteiger partial charge in [-0.25, -0.2) is 9.97 Å². The zero-order chi connectivity index (χ0) is 35.8. The van der Waals surface area contributed by atoms with E-state index in [9.17, 15) is 0 Å². The van der Waals surface area contributed by atoms with Crippen LogP contribution in [0.3, 0.4) is 0 Å². The van der Waals surface area contributed by atoms with Crippen molar-refractivity contribution in [2.24, 2.45) is 0 Å². The van der Waals surface area contributed by atoms with E-state index in [4.69, 9.17) is 20.4 Å². The van der Waals surface area contributed by atoms with Crippen LogP contribution in [0, 0.1) is 0 Å². The van der Waals surface area contributed by atoms with Crippen LogP contribution in [0.25, 0.3) is 61.8 Å². The van der Waals surface area contributed by atoms with Crippen LogP contribution in [0.15, 0.2) is 182 Å². The summed E-state index contributed by atoms with van der Waals surface area (Å²) < 4.78 is 8.95. The first-order valence-electron chi connectivity index (χ1n) is 18.2. The molecule has 5 heteroatoms. The van der Waals surface area contributed by atoms with Crippen molar-refractivity contribution in [1.82, 2.24) is 14.5 Å². The molecule has 2 N–H and O–H groups in total. The van der Waals surface area contributed by atoms with Crippen LogP contribution < -0.4 is 10.5 Å². The molecule has 2 aliphatic rings. The van der Waals surface area contributed by atoms with E-state index in [2.05, 4.69) is 150 Å². The van der Waals surface area contributed by atoms with Crippen molar-refractivity contribution in [2.75, 3.05) is 5.73 Å². The Balaban J connectivity index is 1.27. The highest BCUT2D eigenvalue weighted by Crippen LogP contribution is 2.63. The molecule has 0 unspecified atom stereocenters. The Kier molecular flexibility index (Phi) is 6.55. The van der Waals surface area contributed by atoms with E-state index in [0.717, 1.165) is 78.9 Å². The van der Waals surface area contributed by atoms with Crippen molar-refractivity contribution < 1.29 is 4.74 Å². The van der Waals surface area contributed by atoms with Crippen molar-refractivity contribution in [3.63, 3.8) is 0 Å². The summed E-state index contributed by atoms with van der Waals surface area (Å²) in [5.41, 5.74) is 21.2. The minimum atomic E-state index is -0.631. The first-order chi connectivity index (χ1) is 26.7. The molecule has 11 rings (SSSR count). The Bertz CT molecular complexity index is 2880. The number of anilines is 1. The summed E-state index contributed by atoms with van der Waals surface area (Å²) in [7, 11) is 0. The number of benzene rings is 7. The molecule has 9 aromatic rings. The topological polar surface area (TPSA) is 66.0 Å². The van der Waals surface area contributed by atoms with Gasteiger partial charge in [0.2, 0.25) is 0 Å². The van der Waals surface area contributed by atoms with Crippen LogP contribution >= 0.6 is 0 Å². The first-order valence-corrected chi connectivity index (χ1v) is 18.2. The molecule has 254 valence electrons. The van der Waals surface area contributed by atoms with Gasteiger partial charge < -0.3 is 10.5 Å². The van der Waals surface area contributed by atoms with E-state index in [-0.39, 0.29) is 0 Å². The maximum atomic E-state index is 6.65. The number of nitrogen functional groups attached to an aromatic ring is 1. The molecule has 3 heterocycles. The van der Waals surface area contributed by atoms with Gasteiger partial charge in [-0.3, -0.25) is 4.57 Å². The molecule has 0 saturated heterocycles. The smallest absolute Gasteiger partial charge is 0.164 e. The standard InChI is InChI=1S/C49H32N4O/c50-33-27-25-31(26-28-33)35-29-36-34-15-4-5-16-37(34)49(38-17-6-10-23-46(38)54-47-24-11-7-18-39(47)49)40(36)30-45(35)53-44-22-9-8-19-42(44)52-48(53)43-21-12-20-41(51-43)32-13-2-1-3-14-32/h1-30H,50H2. The Hall–Kier alpha value is -7.24. The Morgan fingerprint density at radius 2 is 1.11 bits per heavy atom. The van der Waals surface area contributed by atoms with Gasteiger partial charge in [0, 0.05) is 27.9 Å². The lowest BCUT2D eigenvalue weighted by Gasteiger charge is -2.39. The number of nitrogens with two attached hydrogens (primary N) is 1. The van der Waals surface area contributed by atoms with E-state index < -0.39 is 5.41 Å². The lowest BCUT2D eigenvalue weighted by Crippen LogP contribution is -2.32. The van der Waals surface area contributed by atoms with Gasteiger partial charge in [-0.2, -0.15) is 0 Å². The number of hydrogen-bond acceptors (Lipinski definition) is 4. The molecule has 1 spiro atoms. The van der Waals surface area contributed by atoms with Gasteiger partial charge in [0.25, 0.3) is 0 Å². The van der Waals surface area contributed by atoms with Crippen molar-refractivity contribution in [2.45, 2.75) is 5.41 Å². The third-order valence-electron chi connectivity index (χ3n) is 11.0. The summed E-state index contributed by atoms with van der Waals surface area (Å²) in [6.07, 6.45) is 0. The molecule has 2 aromatic heterocycles. The molecule has 1 aliphatic carbocycles. The highest BCUT2D eigenvalue weighted by atomic mass is 16.5. The second-order valence-corrected chi connectivity index (χ2v) is 14.0. The molecule has 5 nitrogen and oxygen atoms in total. The molecule has 7 aromatic carbocycles. The molecule has 0 amide bonds. The van der Waals surface area contributed by atoms with Gasteiger partial charge in [-0.05, 0) is 88.5 Å². The number of rotatable bonds is 4. The SMILES string of the molecule is Nc1ccc(-c2cc3c(cc2-n2c(-c4cccc(-c5ccccc5)n4)nc4ccccc42)C2(c4ccccc4Oc4ccccc42)c2ccccc2-3)cc1. The van der Waals surface area contributed by atoms with Crippen molar-refractivity contribution in [1.29, 1.82) is 0 Å². The van der Waals surface area contributed by atoms with Gasteiger partial charge in [0.05, 0.1) is 27.8 Å². The number of nitrogens with zero attached hydrogens (tertiary/aromatic N) is 3. The van der Waals surface area contributed by atoms with Gasteiger partial charge >= 0.3 is 0 Å². The maximum absolute atomic E-state index is 6.65. The predicted octanol–water partition coefficient (Wildman–Crippen LogP) is 11.5. The first kappa shape index (κ1) is 30.4. The Morgan fingerprint density at radius 3 is 1.89 bits per heavy atom. The van der Waals surface area contributed by atoms with Gasteiger partial charge in [0.15, 0.2) is 5.82 Å². The van der Waals surface area contributed by atoms with Crippen LogP contribution in [0.1, 0.15) is 22.3 Å². The third-order valence-corrected chi connectivity index (χ3v) is 11.0. The summed E-state index contributed by atoms with van der Waals surface area (Å²) in [4.78, 5) is 10.6. The Morgan fingerprint density at radius 1 is 0.463 bits per heavy atom. The molecule has 0 fully saturated rings. The zero-order valence-electron chi connectivity index (χ0n) is 29.1.